The molecule has 4 heteroatoms. The van der Waals surface area contributed by atoms with E-state index in [9.17, 15) is 14.7 Å². The smallest absolute Gasteiger partial charge is 0.542 e. The van der Waals surface area contributed by atoms with E-state index < -0.39 is 11.8 Å². The fourth-order valence-corrected chi connectivity index (χ4v) is 0.454. The van der Waals surface area contributed by atoms with Crippen molar-refractivity contribution in [2.75, 3.05) is 0 Å². The van der Waals surface area contributed by atoms with Crippen LogP contribution in [0.5, 0.6) is 0 Å². The van der Waals surface area contributed by atoms with Gasteiger partial charge in [0, 0.05) is 6.42 Å². The van der Waals surface area contributed by atoms with Crippen LogP contribution in [-0.2, 0) is 9.59 Å². The fourth-order valence-electron chi connectivity index (χ4n) is 0.454. The van der Waals surface area contributed by atoms with E-state index >= 15 is 0 Å². The zero-order valence-electron chi connectivity index (χ0n) is 6.51. The monoisotopic (exact) mass is 158 g/mol. The summed E-state index contributed by atoms with van der Waals surface area (Å²) in [5.74, 6) is -2.30. The predicted molar refractivity (Wildman–Crippen MR) is 29.5 cm³/mol. The molecule has 0 spiro atoms. The summed E-state index contributed by atoms with van der Waals surface area (Å²) in [5, 5.41) is 9.77. The van der Waals surface area contributed by atoms with E-state index in [1.165, 1.54) is 0 Å². The van der Waals surface area contributed by atoms with Gasteiger partial charge in [-0.2, -0.15) is 0 Å². The van der Waals surface area contributed by atoms with E-state index in [0.717, 1.165) is 0 Å². The molecule has 3 nitrogen and oxygen atoms in total. The molecule has 0 heterocycles. The number of carboxylic acid groups (broad SMARTS) is 1. The summed E-state index contributed by atoms with van der Waals surface area (Å²) < 4.78 is 0. The third-order valence-electron chi connectivity index (χ3n) is 0.821. The van der Waals surface area contributed by atoms with Gasteiger partial charge in [0.15, 0.2) is 5.78 Å². The molecule has 0 aromatic carbocycles. The molecular weight excluding hydrogens is 149 g/mol. The van der Waals surface area contributed by atoms with Crippen LogP contribution in [0, 0.1) is 5.92 Å². The number of rotatable bonds is 3. The van der Waals surface area contributed by atoms with Crippen molar-refractivity contribution < 1.29 is 44.3 Å². The standard InChI is InChI=1S/C6H10O3.Na/c1-4(2)3-5(7)6(8)9;/h4H,3H2,1-2H3,(H,8,9);/q;+1/p-1/i1+1,2+1,3+1,4+1,5+1,6+1;. The second-order valence-corrected chi connectivity index (χ2v) is 2.31. The van der Waals surface area contributed by atoms with Crippen molar-refractivity contribution in [3.05, 3.63) is 0 Å². The van der Waals surface area contributed by atoms with Crippen molar-refractivity contribution in [3.8, 4) is 0 Å². The van der Waals surface area contributed by atoms with Gasteiger partial charge in [-0.25, -0.2) is 0 Å². The minimum absolute atomic E-state index is 0. The van der Waals surface area contributed by atoms with Crippen LogP contribution < -0.4 is 34.7 Å². The molecule has 0 amide bonds. The summed E-state index contributed by atoms with van der Waals surface area (Å²) >= 11 is 0. The molecule has 0 aliphatic carbocycles. The summed E-state index contributed by atoms with van der Waals surface area (Å²) in [5.41, 5.74) is 0. The number of carboxylic acids is 1. The van der Waals surface area contributed by atoms with Crippen molar-refractivity contribution in [1.82, 2.24) is 0 Å². The Morgan fingerprint density at radius 1 is 1.40 bits per heavy atom. The topological polar surface area (TPSA) is 57.2 Å². The third kappa shape index (κ3) is 6.26. The van der Waals surface area contributed by atoms with E-state index in [1.807, 2.05) is 0 Å². The number of Topliss-reactive ketones (excluding diaryl/α,β-unsaturated/α-hetero) is 1. The molecule has 0 fully saturated rings. The molecule has 0 aliphatic heterocycles. The maximum Gasteiger partial charge on any atom is 1.00 e. The molecular formula is C6H9NaO3. The summed E-state index contributed by atoms with van der Waals surface area (Å²) in [7, 11) is 0. The van der Waals surface area contributed by atoms with Gasteiger partial charge >= 0.3 is 29.6 Å². The maximum absolute atomic E-state index is 10.3. The molecule has 0 aliphatic rings. The van der Waals surface area contributed by atoms with Gasteiger partial charge in [-0.05, 0) is 5.92 Å². The molecule has 0 unspecified atom stereocenters. The predicted octanol–water partition coefficient (Wildman–Crippen LogP) is -3.64. The Bertz CT molecular complexity index is 131. The van der Waals surface area contributed by atoms with Crippen LogP contribution in [-0.4, -0.2) is 11.8 Å². The average Bonchev–Trinajstić information content (AvgIpc) is 1.63. The van der Waals surface area contributed by atoms with E-state index in [0.29, 0.717) is 0 Å². The van der Waals surface area contributed by atoms with E-state index in [-0.39, 0.29) is 41.9 Å². The third-order valence-corrected chi connectivity index (χ3v) is 0.821. The van der Waals surface area contributed by atoms with Crippen LogP contribution in [0.1, 0.15) is 20.3 Å². The largest absolute Gasteiger partial charge is 1.00 e. The molecule has 0 saturated heterocycles. The van der Waals surface area contributed by atoms with Crippen molar-refractivity contribution in [2.24, 2.45) is 5.92 Å². The molecule has 52 valence electrons. The van der Waals surface area contributed by atoms with Gasteiger partial charge in [-0.3, -0.25) is 4.79 Å². The van der Waals surface area contributed by atoms with Crippen molar-refractivity contribution in [1.29, 1.82) is 0 Å². The summed E-state index contributed by atoms with van der Waals surface area (Å²) in [4.78, 5) is 20.1. The molecule has 0 saturated carbocycles. The zero-order valence-corrected chi connectivity index (χ0v) is 8.51. The number of carbonyl (C=O) groups is 2. The molecule has 0 rings (SSSR count). The van der Waals surface area contributed by atoms with Crippen LogP contribution in [0.3, 0.4) is 0 Å². The Kier molecular flexibility index (Phi) is 7.53. The van der Waals surface area contributed by atoms with Crippen LogP contribution in [0.25, 0.3) is 0 Å². The number of hydrogen-bond acceptors (Lipinski definition) is 3. The molecule has 0 N–H and O–H groups in total. The number of hydrogen-bond donors (Lipinski definition) is 0. The van der Waals surface area contributed by atoms with Crippen LogP contribution in [0.4, 0.5) is 0 Å². The maximum atomic E-state index is 10.3. The van der Waals surface area contributed by atoms with Gasteiger partial charge in [0.1, 0.15) is 5.97 Å². The van der Waals surface area contributed by atoms with Crippen LogP contribution in [0.2, 0.25) is 0 Å². The zero-order chi connectivity index (χ0) is 7.44. The number of carbonyl (C=O) groups excluding carboxylic acids is 2. The fraction of sp³-hybridized carbons (Fsp3) is 0.667. The minimum Gasteiger partial charge on any atom is -0.542 e. The molecule has 10 heavy (non-hydrogen) atoms. The van der Waals surface area contributed by atoms with Gasteiger partial charge in [0.2, 0.25) is 0 Å². The SMILES string of the molecule is [13CH3][13CH]([13CH3])[13CH2][13C](=O)[13C](=O)[O-].[Na+]. The first-order chi connectivity index (χ1) is 4.04. The Labute approximate surface area is 82.1 Å². The Morgan fingerprint density at radius 3 is 1.90 bits per heavy atom. The molecule has 0 aromatic heterocycles. The normalized spacial score (nSPS) is 8.70. The minimum atomic E-state index is -1.58. The number of aliphatic carboxylic acids is 1. The molecule has 0 radical (unpaired) electrons. The van der Waals surface area contributed by atoms with Gasteiger partial charge < -0.3 is 9.90 Å². The van der Waals surface area contributed by atoms with E-state index in [2.05, 4.69) is 0 Å². The molecule has 0 aromatic rings. The van der Waals surface area contributed by atoms with Crippen molar-refractivity contribution in [3.63, 3.8) is 0 Å². The summed E-state index contributed by atoms with van der Waals surface area (Å²) in [6.45, 7) is 3.56. The second-order valence-electron chi connectivity index (χ2n) is 2.31. The Balaban J connectivity index is 0. The van der Waals surface area contributed by atoms with Crippen molar-refractivity contribution in [2.45, 2.75) is 20.3 Å². The summed E-state index contributed by atoms with van der Waals surface area (Å²) in [6, 6.07) is 0. The average molecular weight is 158 g/mol. The first-order valence-corrected chi connectivity index (χ1v) is 2.78. The summed E-state index contributed by atoms with van der Waals surface area (Å²) in [6.07, 6.45) is 0.0718. The first-order valence-electron chi connectivity index (χ1n) is 2.78. The van der Waals surface area contributed by atoms with Crippen LogP contribution >= 0.6 is 0 Å². The Morgan fingerprint density at radius 2 is 1.80 bits per heavy atom. The van der Waals surface area contributed by atoms with Gasteiger partial charge in [-0.15, -0.1) is 0 Å². The molecule has 0 bridgehead atoms. The molecule has 0 atom stereocenters. The van der Waals surface area contributed by atoms with Crippen molar-refractivity contribution >= 4 is 11.8 Å². The van der Waals surface area contributed by atoms with Crippen LogP contribution in [0.15, 0.2) is 0 Å². The van der Waals surface area contributed by atoms with E-state index in [4.69, 9.17) is 0 Å². The van der Waals surface area contributed by atoms with Gasteiger partial charge in [0.05, 0.1) is 0 Å². The number of ketones is 1. The van der Waals surface area contributed by atoms with Gasteiger partial charge in [0.25, 0.3) is 0 Å². The van der Waals surface area contributed by atoms with Gasteiger partial charge in [-0.1, -0.05) is 13.8 Å². The first kappa shape index (κ1) is 12.8. The quantitative estimate of drug-likeness (QED) is 0.242. The Hall–Kier alpha value is 0.140. The van der Waals surface area contributed by atoms with E-state index in [1.54, 1.807) is 13.8 Å². The second kappa shape index (κ2) is 5.89.